The number of nitrogens with one attached hydrogen (secondary N) is 1. The van der Waals surface area contributed by atoms with Crippen LogP contribution in [0.5, 0.6) is 0 Å². The van der Waals surface area contributed by atoms with Crippen LogP contribution in [0.15, 0.2) is 36.5 Å². The Bertz CT molecular complexity index is 604. The van der Waals surface area contributed by atoms with Gasteiger partial charge in [-0.2, -0.15) is 0 Å². The fourth-order valence-corrected chi connectivity index (χ4v) is 2.30. The number of carbonyl (C=O) groups is 1. The Morgan fingerprint density at radius 1 is 1.39 bits per heavy atom. The standard InChI is InChI=1S/C12H8ClIN2O2/c13-9-6-7(14)3-4-10(9)16-11-8(12(17)18)2-1-5-15-11/h1-6H,(H,15,16)(H,17,18). The maximum Gasteiger partial charge on any atom is 0.339 e. The summed E-state index contributed by atoms with van der Waals surface area (Å²) in [5, 5.41) is 12.5. The molecule has 0 unspecified atom stereocenters. The van der Waals surface area contributed by atoms with Crippen LogP contribution >= 0.6 is 34.2 Å². The summed E-state index contributed by atoms with van der Waals surface area (Å²) in [6.45, 7) is 0. The summed E-state index contributed by atoms with van der Waals surface area (Å²) in [7, 11) is 0. The van der Waals surface area contributed by atoms with E-state index >= 15 is 0 Å². The van der Waals surface area contributed by atoms with Crippen molar-refractivity contribution in [3.05, 3.63) is 50.7 Å². The smallest absolute Gasteiger partial charge is 0.339 e. The van der Waals surface area contributed by atoms with Gasteiger partial charge in [-0.05, 0) is 52.9 Å². The second-order valence-electron chi connectivity index (χ2n) is 3.45. The summed E-state index contributed by atoms with van der Waals surface area (Å²) >= 11 is 8.22. The zero-order valence-corrected chi connectivity index (χ0v) is 11.9. The number of carboxylic acid groups (broad SMARTS) is 1. The summed E-state index contributed by atoms with van der Waals surface area (Å²) < 4.78 is 1.00. The van der Waals surface area contributed by atoms with E-state index in [9.17, 15) is 4.79 Å². The second kappa shape index (κ2) is 5.53. The first-order valence-corrected chi connectivity index (χ1v) is 6.44. The average molecular weight is 375 g/mol. The number of aromatic nitrogens is 1. The lowest BCUT2D eigenvalue weighted by Gasteiger charge is -2.09. The van der Waals surface area contributed by atoms with Crippen LogP contribution in [0.2, 0.25) is 5.02 Å². The number of pyridine rings is 1. The molecule has 0 saturated heterocycles. The predicted molar refractivity (Wildman–Crippen MR) is 78.6 cm³/mol. The maximum absolute atomic E-state index is 11.0. The Labute approximate surface area is 122 Å². The molecule has 0 radical (unpaired) electrons. The van der Waals surface area contributed by atoms with Crippen molar-refractivity contribution >= 4 is 51.7 Å². The summed E-state index contributed by atoms with van der Waals surface area (Å²) in [6, 6.07) is 8.50. The van der Waals surface area contributed by atoms with Gasteiger partial charge in [-0.3, -0.25) is 0 Å². The van der Waals surface area contributed by atoms with E-state index in [1.807, 2.05) is 6.07 Å². The number of hydrogen-bond acceptors (Lipinski definition) is 3. The molecule has 2 N–H and O–H groups in total. The number of carboxylic acids is 1. The van der Waals surface area contributed by atoms with Crippen LogP contribution in [0.4, 0.5) is 11.5 Å². The Hall–Kier alpha value is -1.34. The van der Waals surface area contributed by atoms with Crippen molar-refractivity contribution in [3.8, 4) is 0 Å². The highest BCUT2D eigenvalue weighted by Crippen LogP contribution is 2.27. The zero-order chi connectivity index (χ0) is 13.1. The molecule has 92 valence electrons. The van der Waals surface area contributed by atoms with Crippen molar-refractivity contribution in [2.24, 2.45) is 0 Å². The molecular weight excluding hydrogens is 367 g/mol. The molecule has 1 heterocycles. The van der Waals surface area contributed by atoms with Crippen LogP contribution in [0.1, 0.15) is 10.4 Å². The van der Waals surface area contributed by atoms with E-state index in [4.69, 9.17) is 16.7 Å². The number of anilines is 2. The number of nitrogens with zero attached hydrogens (tertiary/aromatic N) is 1. The first-order chi connectivity index (χ1) is 8.58. The number of hydrogen-bond donors (Lipinski definition) is 2. The molecule has 2 aromatic rings. The number of rotatable bonds is 3. The van der Waals surface area contributed by atoms with Gasteiger partial charge in [-0.25, -0.2) is 9.78 Å². The van der Waals surface area contributed by atoms with E-state index in [-0.39, 0.29) is 11.4 Å². The minimum absolute atomic E-state index is 0.104. The molecule has 0 aliphatic carbocycles. The van der Waals surface area contributed by atoms with E-state index in [0.717, 1.165) is 3.57 Å². The largest absolute Gasteiger partial charge is 0.478 e. The molecule has 1 aromatic carbocycles. The van der Waals surface area contributed by atoms with Crippen molar-refractivity contribution in [1.29, 1.82) is 0 Å². The van der Waals surface area contributed by atoms with Gasteiger partial charge in [0.2, 0.25) is 0 Å². The van der Waals surface area contributed by atoms with Crippen molar-refractivity contribution in [2.45, 2.75) is 0 Å². The molecular formula is C12H8ClIN2O2. The van der Waals surface area contributed by atoms with Crippen LogP contribution < -0.4 is 5.32 Å². The first kappa shape index (κ1) is 13.1. The molecule has 0 aliphatic heterocycles. The third kappa shape index (κ3) is 2.91. The number of benzene rings is 1. The van der Waals surface area contributed by atoms with Gasteiger partial charge in [-0.1, -0.05) is 11.6 Å². The van der Waals surface area contributed by atoms with Crippen molar-refractivity contribution in [1.82, 2.24) is 4.98 Å². The van der Waals surface area contributed by atoms with Gasteiger partial charge < -0.3 is 10.4 Å². The molecule has 0 bridgehead atoms. The van der Waals surface area contributed by atoms with Crippen molar-refractivity contribution in [3.63, 3.8) is 0 Å². The molecule has 6 heteroatoms. The van der Waals surface area contributed by atoms with Crippen LogP contribution in [0, 0.1) is 3.57 Å². The Morgan fingerprint density at radius 3 is 2.83 bits per heavy atom. The maximum atomic E-state index is 11.0. The van der Waals surface area contributed by atoms with Gasteiger partial charge in [-0.15, -0.1) is 0 Å². The summed E-state index contributed by atoms with van der Waals surface area (Å²) in [5.41, 5.74) is 0.727. The number of aromatic carboxylic acids is 1. The van der Waals surface area contributed by atoms with Gasteiger partial charge in [0.15, 0.2) is 0 Å². The minimum atomic E-state index is -1.03. The molecule has 0 fully saturated rings. The van der Waals surface area contributed by atoms with Crippen molar-refractivity contribution < 1.29 is 9.90 Å². The summed E-state index contributed by atoms with van der Waals surface area (Å²) in [6.07, 6.45) is 1.52. The Kier molecular flexibility index (Phi) is 4.03. The van der Waals surface area contributed by atoms with Gasteiger partial charge in [0.1, 0.15) is 11.4 Å². The zero-order valence-electron chi connectivity index (χ0n) is 9.02. The number of halogens is 2. The summed E-state index contributed by atoms with van der Waals surface area (Å²) in [4.78, 5) is 15.0. The van der Waals surface area contributed by atoms with E-state index in [1.54, 1.807) is 18.2 Å². The Balaban J connectivity index is 2.37. The fraction of sp³-hybridized carbons (Fsp3) is 0. The minimum Gasteiger partial charge on any atom is -0.478 e. The fourth-order valence-electron chi connectivity index (χ4n) is 1.40. The third-order valence-corrected chi connectivity index (χ3v) is 3.21. The molecule has 0 saturated carbocycles. The van der Waals surface area contributed by atoms with E-state index in [2.05, 4.69) is 32.9 Å². The molecule has 4 nitrogen and oxygen atoms in total. The molecule has 0 atom stereocenters. The van der Waals surface area contributed by atoms with Gasteiger partial charge in [0.05, 0.1) is 10.7 Å². The highest BCUT2D eigenvalue weighted by Gasteiger charge is 2.11. The predicted octanol–water partition coefficient (Wildman–Crippen LogP) is 3.78. The molecule has 1 aromatic heterocycles. The molecule has 0 spiro atoms. The SMILES string of the molecule is O=C(O)c1cccnc1Nc1ccc(I)cc1Cl. The quantitative estimate of drug-likeness (QED) is 0.803. The first-order valence-electron chi connectivity index (χ1n) is 4.98. The van der Waals surface area contributed by atoms with E-state index < -0.39 is 5.97 Å². The molecule has 2 rings (SSSR count). The lowest BCUT2D eigenvalue weighted by Crippen LogP contribution is -2.04. The third-order valence-electron chi connectivity index (χ3n) is 2.22. The molecule has 18 heavy (non-hydrogen) atoms. The van der Waals surface area contributed by atoms with Crippen molar-refractivity contribution in [2.75, 3.05) is 5.32 Å². The lowest BCUT2D eigenvalue weighted by atomic mass is 10.2. The normalized spacial score (nSPS) is 10.1. The van der Waals surface area contributed by atoms with Crippen LogP contribution in [0.25, 0.3) is 0 Å². The van der Waals surface area contributed by atoms with Crippen LogP contribution in [-0.4, -0.2) is 16.1 Å². The summed E-state index contributed by atoms with van der Waals surface area (Å²) in [5.74, 6) is -0.764. The molecule has 0 aliphatic rings. The average Bonchev–Trinajstić information content (AvgIpc) is 2.33. The highest BCUT2D eigenvalue weighted by molar-refractivity contribution is 14.1. The Morgan fingerprint density at radius 2 is 2.17 bits per heavy atom. The van der Waals surface area contributed by atoms with Crippen LogP contribution in [-0.2, 0) is 0 Å². The van der Waals surface area contributed by atoms with E-state index in [0.29, 0.717) is 10.7 Å². The van der Waals surface area contributed by atoms with Gasteiger partial charge >= 0.3 is 5.97 Å². The lowest BCUT2D eigenvalue weighted by molar-refractivity contribution is 0.0697. The molecule has 0 amide bonds. The highest BCUT2D eigenvalue weighted by atomic mass is 127. The topological polar surface area (TPSA) is 62.2 Å². The second-order valence-corrected chi connectivity index (χ2v) is 5.11. The van der Waals surface area contributed by atoms with Crippen LogP contribution in [0.3, 0.4) is 0 Å². The van der Waals surface area contributed by atoms with Gasteiger partial charge in [0, 0.05) is 9.77 Å². The monoisotopic (exact) mass is 374 g/mol. The van der Waals surface area contributed by atoms with Gasteiger partial charge in [0.25, 0.3) is 0 Å². The van der Waals surface area contributed by atoms with E-state index in [1.165, 1.54) is 12.3 Å².